The molecule has 0 aromatic heterocycles. The van der Waals surface area contributed by atoms with E-state index in [1.54, 1.807) is 0 Å². The second-order valence-corrected chi connectivity index (χ2v) is 9.71. The molecule has 3 aliphatic rings. The van der Waals surface area contributed by atoms with E-state index >= 15 is 0 Å². The second kappa shape index (κ2) is 6.14. The molecule has 2 atom stereocenters. The maximum atomic E-state index is 13.2. The standard InChI is InChI=1S/C21H32N2O3/c1-20(2,3)26-19(25)23-17-14(15(18(23)24)12-22(6)7)11-13-9-8-10-21(4,5)16(13)17/h12,14,17H,8-11H2,1-7H3/b15-12+. The molecule has 26 heavy (non-hydrogen) atoms. The van der Waals surface area contributed by atoms with Gasteiger partial charge in [0.05, 0.1) is 6.04 Å². The number of carbonyl (C=O) groups excluding carboxylic acids is 2. The number of allylic oxidation sites excluding steroid dienone is 1. The summed E-state index contributed by atoms with van der Waals surface area (Å²) in [5.74, 6) is -0.143. The first-order valence-electron chi connectivity index (χ1n) is 9.59. The first-order chi connectivity index (χ1) is 11.9. The Hall–Kier alpha value is -1.78. The predicted molar refractivity (Wildman–Crippen MR) is 101 cm³/mol. The number of hydrogen-bond acceptors (Lipinski definition) is 4. The van der Waals surface area contributed by atoms with Crippen molar-refractivity contribution in [2.75, 3.05) is 14.1 Å². The lowest BCUT2D eigenvalue weighted by atomic mass is 9.72. The summed E-state index contributed by atoms with van der Waals surface area (Å²) in [5, 5.41) is 0. The Bertz CT molecular complexity index is 695. The molecule has 0 spiro atoms. The topological polar surface area (TPSA) is 49.9 Å². The second-order valence-electron chi connectivity index (χ2n) is 9.71. The minimum atomic E-state index is -0.626. The highest BCUT2D eigenvalue weighted by Crippen LogP contribution is 2.55. The van der Waals surface area contributed by atoms with Crippen molar-refractivity contribution in [3.05, 3.63) is 22.9 Å². The van der Waals surface area contributed by atoms with Crippen LogP contribution in [0.5, 0.6) is 0 Å². The van der Waals surface area contributed by atoms with Gasteiger partial charge in [-0.15, -0.1) is 0 Å². The van der Waals surface area contributed by atoms with Crippen molar-refractivity contribution >= 4 is 12.0 Å². The van der Waals surface area contributed by atoms with Gasteiger partial charge >= 0.3 is 6.09 Å². The average molecular weight is 360 g/mol. The molecule has 2 amide bonds. The quantitative estimate of drug-likeness (QED) is 0.522. The molecule has 0 radical (unpaired) electrons. The van der Waals surface area contributed by atoms with E-state index in [0.717, 1.165) is 24.8 Å². The van der Waals surface area contributed by atoms with Crippen LogP contribution in [0.25, 0.3) is 0 Å². The summed E-state index contributed by atoms with van der Waals surface area (Å²) >= 11 is 0. The Morgan fingerprint density at radius 3 is 2.54 bits per heavy atom. The van der Waals surface area contributed by atoms with Crippen LogP contribution in [0, 0.1) is 11.3 Å². The number of imide groups is 1. The maximum absolute atomic E-state index is 13.2. The van der Waals surface area contributed by atoms with Crippen LogP contribution in [-0.2, 0) is 9.53 Å². The molecule has 1 fully saturated rings. The van der Waals surface area contributed by atoms with Crippen molar-refractivity contribution in [3.63, 3.8) is 0 Å². The normalized spacial score (nSPS) is 29.1. The summed E-state index contributed by atoms with van der Waals surface area (Å²) in [6.07, 6.45) is 5.60. The number of nitrogens with zero attached hydrogens (tertiary/aromatic N) is 2. The number of rotatable bonds is 1. The Balaban J connectivity index is 2.06. The van der Waals surface area contributed by atoms with E-state index in [-0.39, 0.29) is 23.3 Å². The van der Waals surface area contributed by atoms with Gasteiger partial charge < -0.3 is 9.64 Å². The maximum Gasteiger partial charge on any atom is 0.417 e. The summed E-state index contributed by atoms with van der Waals surface area (Å²) in [4.78, 5) is 29.4. The van der Waals surface area contributed by atoms with E-state index in [1.807, 2.05) is 46.0 Å². The molecule has 5 nitrogen and oxygen atoms in total. The van der Waals surface area contributed by atoms with Crippen LogP contribution < -0.4 is 0 Å². The number of likely N-dealkylation sites (tertiary alicyclic amines) is 1. The first kappa shape index (κ1) is 19.0. The number of carbonyl (C=O) groups is 2. The zero-order valence-electron chi connectivity index (χ0n) is 17.2. The third kappa shape index (κ3) is 3.17. The fourth-order valence-electron chi connectivity index (χ4n) is 4.84. The van der Waals surface area contributed by atoms with Gasteiger partial charge in [-0.1, -0.05) is 19.4 Å². The molecule has 0 bridgehead atoms. The van der Waals surface area contributed by atoms with Crippen LogP contribution in [0.15, 0.2) is 22.9 Å². The van der Waals surface area contributed by atoms with E-state index < -0.39 is 11.7 Å². The highest BCUT2D eigenvalue weighted by molar-refractivity contribution is 6.06. The van der Waals surface area contributed by atoms with Crippen molar-refractivity contribution in [3.8, 4) is 0 Å². The Morgan fingerprint density at radius 2 is 1.96 bits per heavy atom. The molecule has 2 unspecified atom stereocenters. The number of ether oxygens (including phenoxy) is 1. The minimum Gasteiger partial charge on any atom is -0.443 e. The van der Waals surface area contributed by atoms with E-state index in [2.05, 4.69) is 13.8 Å². The van der Waals surface area contributed by atoms with Crippen LogP contribution in [0.3, 0.4) is 0 Å². The molecular weight excluding hydrogens is 328 g/mol. The van der Waals surface area contributed by atoms with Gasteiger partial charge in [-0.05, 0) is 57.4 Å². The van der Waals surface area contributed by atoms with Crippen molar-refractivity contribution in [1.29, 1.82) is 0 Å². The number of amides is 2. The molecular formula is C21H32N2O3. The summed E-state index contributed by atoms with van der Waals surface area (Å²) in [5.41, 5.74) is 2.87. The third-order valence-corrected chi connectivity index (χ3v) is 5.66. The molecule has 0 aromatic carbocycles. The summed E-state index contributed by atoms with van der Waals surface area (Å²) in [6, 6.07) is -0.186. The fourth-order valence-corrected chi connectivity index (χ4v) is 4.84. The summed E-state index contributed by atoms with van der Waals surface area (Å²) in [6.45, 7) is 10.0. The Labute approximate surface area is 157 Å². The van der Waals surface area contributed by atoms with E-state index in [1.165, 1.54) is 22.5 Å². The summed E-state index contributed by atoms with van der Waals surface area (Å²) < 4.78 is 5.60. The lowest BCUT2D eigenvalue weighted by Gasteiger charge is -2.38. The number of hydrogen-bond donors (Lipinski definition) is 0. The van der Waals surface area contributed by atoms with Gasteiger partial charge in [0, 0.05) is 31.8 Å². The van der Waals surface area contributed by atoms with Crippen LogP contribution in [-0.4, -0.2) is 47.5 Å². The largest absolute Gasteiger partial charge is 0.443 e. The van der Waals surface area contributed by atoms with Gasteiger partial charge in [0.1, 0.15) is 5.60 Å². The molecule has 144 valence electrons. The van der Waals surface area contributed by atoms with Crippen LogP contribution in [0.1, 0.15) is 60.3 Å². The van der Waals surface area contributed by atoms with Gasteiger partial charge in [0.15, 0.2) is 0 Å². The van der Waals surface area contributed by atoms with Crippen LogP contribution in [0.2, 0.25) is 0 Å². The van der Waals surface area contributed by atoms with E-state index in [4.69, 9.17) is 4.74 Å². The van der Waals surface area contributed by atoms with Crippen molar-refractivity contribution in [2.24, 2.45) is 11.3 Å². The molecule has 2 aliphatic carbocycles. The zero-order chi connectivity index (χ0) is 19.4. The van der Waals surface area contributed by atoms with Gasteiger partial charge in [-0.3, -0.25) is 4.79 Å². The van der Waals surface area contributed by atoms with Crippen LogP contribution in [0.4, 0.5) is 4.79 Å². The Morgan fingerprint density at radius 1 is 1.31 bits per heavy atom. The first-order valence-corrected chi connectivity index (χ1v) is 9.59. The molecule has 0 aromatic rings. The van der Waals surface area contributed by atoms with Crippen LogP contribution >= 0.6 is 0 Å². The number of fused-ring (bicyclic) bond motifs is 2. The van der Waals surface area contributed by atoms with Gasteiger partial charge in [-0.2, -0.15) is 0 Å². The van der Waals surface area contributed by atoms with Gasteiger partial charge in [-0.25, -0.2) is 9.69 Å². The van der Waals surface area contributed by atoms with E-state index in [9.17, 15) is 9.59 Å². The fraction of sp³-hybridized carbons (Fsp3) is 0.714. The molecule has 1 aliphatic heterocycles. The van der Waals surface area contributed by atoms with Gasteiger partial charge in [0.25, 0.3) is 5.91 Å². The molecule has 0 N–H and O–H groups in total. The lowest BCUT2D eigenvalue weighted by Crippen LogP contribution is -2.45. The minimum absolute atomic E-state index is 0.0150. The van der Waals surface area contributed by atoms with Gasteiger partial charge in [0.2, 0.25) is 0 Å². The lowest BCUT2D eigenvalue weighted by molar-refractivity contribution is -0.125. The van der Waals surface area contributed by atoms with Crippen molar-refractivity contribution in [1.82, 2.24) is 9.80 Å². The monoisotopic (exact) mass is 360 g/mol. The van der Waals surface area contributed by atoms with E-state index in [0.29, 0.717) is 0 Å². The molecule has 0 saturated carbocycles. The highest BCUT2D eigenvalue weighted by atomic mass is 16.6. The summed E-state index contributed by atoms with van der Waals surface area (Å²) in [7, 11) is 3.83. The highest BCUT2D eigenvalue weighted by Gasteiger charge is 2.56. The van der Waals surface area contributed by atoms with Crippen molar-refractivity contribution < 1.29 is 14.3 Å². The molecule has 1 heterocycles. The average Bonchev–Trinajstić information content (AvgIpc) is 2.93. The Kier molecular flexibility index (Phi) is 4.48. The van der Waals surface area contributed by atoms with Crippen molar-refractivity contribution in [2.45, 2.75) is 71.9 Å². The molecule has 3 rings (SSSR count). The molecule has 1 saturated heterocycles. The zero-order valence-corrected chi connectivity index (χ0v) is 17.2. The smallest absolute Gasteiger partial charge is 0.417 e. The molecule has 5 heteroatoms. The SMILES string of the molecule is CN(C)/C=C1/C(=O)N(C(=O)OC(C)(C)C)C2C3=C(CCCC3(C)C)CC12. The third-order valence-electron chi connectivity index (χ3n) is 5.66. The predicted octanol–water partition coefficient (Wildman–Crippen LogP) is 4.10.